The molecule has 0 saturated heterocycles. The predicted octanol–water partition coefficient (Wildman–Crippen LogP) is 0.751. The van der Waals surface area contributed by atoms with Crippen molar-refractivity contribution in [2.75, 3.05) is 34.2 Å². The predicted molar refractivity (Wildman–Crippen MR) is 77.9 cm³/mol. The molecule has 3 amide bonds. The molecule has 2 N–H and O–H groups in total. The molecular formula is C14H25N3O4. The molecule has 0 spiro atoms. The number of carbonyl (C=O) groups excluding carboxylic acids is 2. The van der Waals surface area contributed by atoms with E-state index in [1.54, 1.807) is 26.0 Å². The fourth-order valence-corrected chi connectivity index (χ4v) is 2.74. The van der Waals surface area contributed by atoms with E-state index in [1.807, 2.05) is 0 Å². The van der Waals surface area contributed by atoms with Crippen LogP contribution < -0.4 is 5.32 Å². The van der Waals surface area contributed by atoms with Gasteiger partial charge >= 0.3 is 12.0 Å². The third kappa shape index (κ3) is 4.61. The van der Waals surface area contributed by atoms with Gasteiger partial charge in [0.1, 0.15) is 0 Å². The molecule has 0 aliphatic heterocycles. The van der Waals surface area contributed by atoms with Crippen molar-refractivity contribution in [3.63, 3.8) is 0 Å². The summed E-state index contributed by atoms with van der Waals surface area (Å²) >= 11 is 0. The Bertz CT molecular complexity index is 403. The number of carboxylic acid groups (broad SMARTS) is 1. The molecule has 1 rings (SSSR count). The normalized spacial score (nSPS) is 16.3. The van der Waals surface area contributed by atoms with Gasteiger partial charge in [-0.15, -0.1) is 0 Å². The van der Waals surface area contributed by atoms with Crippen LogP contribution in [0.15, 0.2) is 0 Å². The Hall–Kier alpha value is -1.79. The second kappa shape index (κ2) is 7.28. The van der Waals surface area contributed by atoms with E-state index in [4.69, 9.17) is 5.11 Å². The highest BCUT2D eigenvalue weighted by molar-refractivity contribution is 5.84. The molecule has 1 saturated carbocycles. The SMILES string of the molecule is CN(C)C(=O)C1(CNC(=O)N(C)CCC(=O)O)CCCC1. The minimum absolute atomic E-state index is 0.0495. The van der Waals surface area contributed by atoms with Crippen LogP contribution in [0.4, 0.5) is 4.79 Å². The zero-order valence-electron chi connectivity index (χ0n) is 13.0. The number of nitrogens with one attached hydrogen (secondary N) is 1. The van der Waals surface area contributed by atoms with E-state index in [2.05, 4.69) is 5.32 Å². The first-order valence-corrected chi connectivity index (χ1v) is 7.21. The van der Waals surface area contributed by atoms with Gasteiger partial charge in [0.25, 0.3) is 0 Å². The number of aliphatic carboxylic acids is 1. The van der Waals surface area contributed by atoms with Gasteiger partial charge in [-0.2, -0.15) is 0 Å². The number of carboxylic acids is 1. The van der Waals surface area contributed by atoms with Gasteiger partial charge in [-0.25, -0.2) is 4.79 Å². The molecule has 1 fully saturated rings. The van der Waals surface area contributed by atoms with Crippen LogP contribution in [0.3, 0.4) is 0 Å². The first kappa shape index (κ1) is 17.3. The topological polar surface area (TPSA) is 90.0 Å². The summed E-state index contributed by atoms with van der Waals surface area (Å²) in [5.41, 5.74) is -0.507. The fourth-order valence-electron chi connectivity index (χ4n) is 2.74. The smallest absolute Gasteiger partial charge is 0.317 e. The number of nitrogens with zero attached hydrogens (tertiary/aromatic N) is 2. The highest BCUT2D eigenvalue weighted by atomic mass is 16.4. The van der Waals surface area contributed by atoms with Crippen LogP contribution in [0.5, 0.6) is 0 Å². The third-order valence-electron chi connectivity index (χ3n) is 4.01. The summed E-state index contributed by atoms with van der Waals surface area (Å²) in [5, 5.41) is 11.4. The summed E-state index contributed by atoms with van der Waals surface area (Å²) < 4.78 is 0. The Morgan fingerprint density at radius 2 is 1.71 bits per heavy atom. The largest absolute Gasteiger partial charge is 0.481 e. The van der Waals surface area contributed by atoms with Gasteiger partial charge in [0, 0.05) is 34.2 Å². The number of rotatable bonds is 6. The number of hydrogen-bond acceptors (Lipinski definition) is 3. The lowest BCUT2D eigenvalue weighted by Gasteiger charge is -2.31. The van der Waals surface area contributed by atoms with Crippen LogP contribution in [0, 0.1) is 5.41 Å². The minimum Gasteiger partial charge on any atom is -0.481 e. The molecule has 0 unspecified atom stereocenters. The van der Waals surface area contributed by atoms with Gasteiger partial charge in [-0.05, 0) is 12.8 Å². The van der Waals surface area contributed by atoms with E-state index in [1.165, 1.54) is 4.90 Å². The highest BCUT2D eigenvalue weighted by Crippen LogP contribution is 2.38. The second-order valence-electron chi connectivity index (χ2n) is 5.91. The van der Waals surface area contributed by atoms with Crippen molar-refractivity contribution in [3.8, 4) is 0 Å². The van der Waals surface area contributed by atoms with Crippen molar-refractivity contribution in [1.29, 1.82) is 0 Å². The van der Waals surface area contributed by atoms with E-state index < -0.39 is 11.4 Å². The molecule has 21 heavy (non-hydrogen) atoms. The minimum atomic E-state index is -0.940. The van der Waals surface area contributed by atoms with Gasteiger partial charge < -0.3 is 20.2 Å². The average Bonchev–Trinajstić information content (AvgIpc) is 2.91. The molecule has 0 aromatic rings. The molecule has 1 aliphatic carbocycles. The molecule has 7 nitrogen and oxygen atoms in total. The maximum absolute atomic E-state index is 12.3. The Labute approximate surface area is 125 Å². The van der Waals surface area contributed by atoms with E-state index in [9.17, 15) is 14.4 Å². The van der Waals surface area contributed by atoms with Crippen molar-refractivity contribution in [2.45, 2.75) is 32.1 Å². The van der Waals surface area contributed by atoms with Gasteiger partial charge in [0.05, 0.1) is 11.8 Å². The lowest BCUT2D eigenvalue weighted by atomic mass is 9.84. The van der Waals surface area contributed by atoms with E-state index in [0.29, 0.717) is 6.54 Å². The van der Waals surface area contributed by atoms with Crippen LogP contribution in [0.2, 0.25) is 0 Å². The maximum Gasteiger partial charge on any atom is 0.317 e. The van der Waals surface area contributed by atoms with Crippen molar-refractivity contribution < 1.29 is 19.5 Å². The van der Waals surface area contributed by atoms with Gasteiger partial charge in [-0.3, -0.25) is 9.59 Å². The summed E-state index contributed by atoms with van der Waals surface area (Å²) in [5.74, 6) is -0.891. The van der Waals surface area contributed by atoms with Crippen LogP contribution >= 0.6 is 0 Å². The number of hydrogen-bond donors (Lipinski definition) is 2. The molecule has 0 aromatic carbocycles. The van der Waals surface area contributed by atoms with Gasteiger partial charge in [0.15, 0.2) is 0 Å². The van der Waals surface area contributed by atoms with Crippen molar-refractivity contribution in [1.82, 2.24) is 15.1 Å². The van der Waals surface area contributed by atoms with Crippen LogP contribution in [-0.2, 0) is 9.59 Å². The summed E-state index contributed by atoms with van der Waals surface area (Å²) in [4.78, 5) is 37.7. The first-order valence-electron chi connectivity index (χ1n) is 7.21. The summed E-state index contributed by atoms with van der Waals surface area (Å²) in [6.45, 7) is 0.454. The average molecular weight is 299 g/mol. The van der Waals surface area contributed by atoms with Gasteiger partial charge in [-0.1, -0.05) is 12.8 Å². The molecule has 0 radical (unpaired) electrons. The molecule has 0 atom stereocenters. The molecule has 1 aliphatic rings. The van der Waals surface area contributed by atoms with E-state index in [0.717, 1.165) is 25.7 Å². The summed E-state index contributed by atoms with van der Waals surface area (Å²) in [6.07, 6.45) is 3.45. The summed E-state index contributed by atoms with van der Waals surface area (Å²) in [6, 6.07) is -0.339. The Morgan fingerprint density at radius 3 is 2.19 bits per heavy atom. The Kier molecular flexibility index (Phi) is 5.99. The van der Waals surface area contributed by atoms with E-state index in [-0.39, 0.29) is 24.9 Å². The van der Waals surface area contributed by atoms with Crippen molar-refractivity contribution in [2.24, 2.45) is 5.41 Å². The fraction of sp³-hybridized carbons (Fsp3) is 0.786. The third-order valence-corrected chi connectivity index (χ3v) is 4.01. The Morgan fingerprint density at radius 1 is 1.14 bits per heavy atom. The Balaban J connectivity index is 2.56. The first-order chi connectivity index (χ1) is 9.78. The van der Waals surface area contributed by atoms with Crippen LogP contribution in [0.1, 0.15) is 32.1 Å². The van der Waals surface area contributed by atoms with Crippen molar-refractivity contribution >= 4 is 17.9 Å². The standard InChI is InChI=1S/C14H25N3O4/c1-16(2)12(20)14(7-4-5-8-14)10-15-13(21)17(3)9-6-11(18)19/h4-10H2,1-3H3,(H,15,21)(H,18,19). The molecule has 0 heterocycles. The zero-order valence-corrected chi connectivity index (χ0v) is 13.0. The van der Waals surface area contributed by atoms with Gasteiger partial charge in [0.2, 0.25) is 5.91 Å². The highest BCUT2D eigenvalue weighted by Gasteiger charge is 2.42. The van der Waals surface area contributed by atoms with E-state index >= 15 is 0 Å². The lowest BCUT2D eigenvalue weighted by Crippen LogP contribution is -2.49. The summed E-state index contributed by atoms with van der Waals surface area (Å²) in [7, 11) is 5.00. The quantitative estimate of drug-likeness (QED) is 0.757. The number of carbonyl (C=O) groups is 3. The molecular weight excluding hydrogens is 274 g/mol. The molecule has 0 bridgehead atoms. The molecule has 120 valence electrons. The number of amides is 3. The van der Waals surface area contributed by atoms with Crippen LogP contribution in [-0.4, -0.2) is 67.0 Å². The van der Waals surface area contributed by atoms with Crippen molar-refractivity contribution in [3.05, 3.63) is 0 Å². The zero-order chi connectivity index (χ0) is 16.0. The monoisotopic (exact) mass is 299 g/mol. The molecule has 0 aromatic heterocycles. The van der Waals surface area contributed by atoms with Crippen LogP contribution in [0.25, 0.3) is 0 Å². The lowest BCUT2D eigenvalue weighted by molar-refractivity contribution is -0.139. The second-order valence-corrected chi connectivity index (χ2v) is 5.91. The maximum atomic E-state index is 12.3. The number of urea groups is 1. The molecule has 7 heteroatoms.